The van der Waals surface area contributed by atoms with Crippen LogP contribution in [0.3, 0.4) is 0 Å². The molecule has 0 saturated heterocycles. The average molecular weight is 373 g/mol. The molecule has 1 aromatic carbocycles. The molecule has 0 spiro atoms. The summed E-state index contributed by atoms with van der Waals surface area (Å²) in [4.78, 5) is 35.3. The number of fused-ring (bicyclic) bond motifs is 1. The minimum atomic E-state index is -0.813. The molecule has 1 atom stereocenters. The lowest BCUT2D eigenvalue weighted by Crippen LogP contribution is -2.52. The molecule has 2 rings (SSSR count). The molecule has 0 aliphatic carbocycles. The first-order chi connectivity index (χ1) is 12.6. The van der Waals surface area contributed by atoms with Gasteiger partial charge in [-0.1, -0.05) is 39.0 Å². The van der Waals surface area contributed by atoms with Crippen molar-refractivity contribution in [1.29, 1.82) is 0 Å². The van der Waals surface area contributed by atoms with Gasteiger partial charge < -0.3 is 20.7 Å². The molecular weight excluding hydrogens is 346 g/mol. The van der Waals surface area contributed by atoms with Crippen molar-refractivity contribution in [1.82, 2.24) is 9.88 Å². The first-order valence-electron chi connectivity index (χ1n) is 9.01. The molecule has 146 valence electrons. The molecule has 7 nitrogen and oxygen atoms in total. The fraction of sp³-hybridized carbons (Fsp3) is 0.450. The highest BCUT2D eigenvalue weighted by Crippen LogP contribution is 2.24. The van der Waals surface area contributed by atoms with Crippen molar-refractivity contribution in [2.24, 2.45) is 11.1 Å². The fourth-order valence-corrected chi connectivity index (χ4v) is 3.09. The van der Waals surface area contributed by atoms with Gasteiger partial charge in [-0.2, -0.15) is 0 Å². The fourth-order valence-electron chi connectivity index (χ4n) is 3.09. The first-order valence-corrected chi connectivity index (χ1v) is 9.01. The van der Waals surface area contributed by atoms with Gasteiger partial charge in [0.25, 0.3) is 5.91 Å². The molecular formula is C20H27N3O4. The summed E-state index contributed by atoms with van der Waals surface area (Å²) in [6, 6.07) is 6.72. The first kappa shape index (κ1) is 20.5. The van der Waals surface area contributed by atoms with Crippen molar-refractivity contribution in [3.05, 3.63) is 36.0 Å². The van der Waals surface area contributed by atoms with Crippen LogP contribution in [-0.4, -0.2) is 33.5 Å². The summed E-state index contributed by atoms with van der Waals surface area (Å²) in [5.41, 5.74) is 6.33. The summed E-state index contributed by atoms with van der Waals surface area (Å²) in [7, 11) is 0. The number of carbonyl (C=O) groups excluding carboxylic acids is 2. The lowest BCUT2D eigenvalue weighted by Gasteiger charge is -2.28. The lowest BCUT2D eigenvalue weighted by atomic mass is 9.86. The molecule has 2 aromatic rings. The van der Waals surface area contributed by atoms with Gasteiger partial charge in [-0.05, 0) is 24.3 Å². The van der Waals surface area contributed by atoms with Gasteiger partial charge in [0.1, 0.15) is 6.04 Å². The maximum absolute atomic E-state index is 12.8. The maximum Gasteiger partial charge on any atom is 0.303 e. The van der Waals surface area contributed by atoms with E-state index in [1.807, 2.05) is 49.6 Å². The normalized spacial score (nSPS) is 12.7. The van der Waals surface area contributed by atoms with E-state index in [9.17, 15) is 14.4 Å². The number of aromatic nitrogens is 1. The Hall–Kier alpha value is -2.83. The van der Waals surface area contributed by atoms with Crippen LogP contribution < -0.4 is 11.1 Å². The van der Waals surface area contributed by atoms with E-state index in [-0.39, 0.29) is 12.3 Å². The van der Waals surface area contributed by atoms with Gasteiger partial charge in [-0.15, -0.1) is 0 Å². The van der Waals surface area contributed by atoms with E-state index in [1.165, 1.54) is 0 Å². The number of unbranched alkanes of at least 4 members (excludes halogenated alkanes) is 1. The molecule has 0 saturated carbocycles. The zero-order valence-electron chi connectivity index (χ0n) is 16.0. The zero-order chi connectivity index (χ0) is 20.2. The van der Waals surface area contributed by atoms with E-state index in [0.29, 0.717) is 24.9 Å². The summed E-state index contributed by atoms with van der Waals surface area (Å²) in [6.45, 7) is 6.14. The average Bonchev–Trinajstić information content (AvgIpc) is 2.94. The number of aliphatic carboxylic acids is 1. The number of para-hydroxylation sites is 1. The van der Waals surface area contributed by atoms with E-state index < -0.39 is 23.3 Å². The molecule has 0 radical (unpaired) electrons. The molecule has 1 heterocycles. The molecule has 7 heteroatoms. The van der Waals surface area contributed by atoms with Crippen molar-refractivity contribution >= 4 is 28.7 Å². The Morgan fingerprint density at radius 1 is 1.19 bits per heavy atom. The number of hydrogen-bond acceptors (Lipinski definition) is 3. The lowest BCUT2D eigenvalue weighted by molar-refractivity contribution is -0.137. The van der Waals surface area contributed by atoms with E-state index >= 15 is 0 Å². The largest absolute Gasteiger partial charge is 0.481 e. The van der Waals surface area contributed by atoms with Gasteiger partial charge in [-0.3, -0.25) is 14.4 Å². The van der Waals surface area contributed by atoms with Crippen LogP contribution in [0.15, 0.2) is 30.5 Å². The third-order valence-corrected chi connectivity index (χ3v) is 4.50. The predicted molar refractivity (Wildman–Crippen MR) is 103 cm³/mol. The molecule has 0 aliphatic rings. The molecule has 2 amide bonds. The van der Waals surface area contributed by atoms with Gasteiger partial charge >= 0.3 is 5.97 Å². The number of carboxylic acid groups (broad SMARTS) is 1. The van der Waals surface area contributed by atoms with Crippen LogP contribution in [0.1, 0.15) is 50.4 Å². The minimum absolute atomic E-state index is 0.123. The summed E-state index contributed by atoms with van der Waals surface area (Å²) in [5.74, 6) is -1.74. The topological polar surface area (TPSA) is 114 Å². The highest BCUT2D eigenvalue weighted by molar-refractivity contribution is 6.08. The maximum atomic E-state index is 12.8. The molecule has 4 N–H and O–H groups in total. The second-order valence-electron chi connectivity index (χ2n) is 7.78. The number of carbonyl (C=O) groups is 3. The van der Waals surface area contributed by atoms with Crippen LogP contribution in [0.5, 0.6) is 0 Å². The van der Waals surface area contributed by atoms with Crippen LogP contribution in [0, 0.1) is 5.41 Å². The Bertz CT molecular complexity index is 849. The number of benzene rings is 1. The van der Waals surface area contributed by atoms with Crippen molar-refractivity contribution in [3.8, 4) is 0 Å². The second-order valence-corrected chi connectivity index (χ2v) is 7.78. The summed E-state index contributed by atoms with van der Waals surface area (Å²) < 4.78 is 1.95. The molecule has 27 heavy (non-hydrogen) atoms. The number of carboxylic acids is 1. The summed E-state index contributed by atoms with van der Waals surface area (Å²) >= 11 is 0. The highest BCUT2D eigenvalue weighted by atomic mass is 16.4. The number of primary amides is 1. The number of aryl methyl sites for hydroxylation is 1. The van der Waals surface area contributed by atoms with Gasteiger partial charge in [-0.25, -0.2) is 0 Å². The van der Waals surface area contributed by atoms with Crippen LogP contribution >= 0.6 is 0 Å². The van der Waals surface area contributed by atoms with Gasteiger partial charge in [0.05, 0.1) is 5.56 Å². The SMILES string of the molecule is CC(C)(C)[C@@H](NC(=O)c1cn(CCCCC(=O)O)c2ccccc12)C(N)=O. The van der Waals surface area contributed by atoms with E-state index in [0.717, 1.165) is 10.9 Å². The Balaban J connectivity index is 2.26. The number of nitrogens with one attached hydrogen (secondary N) is 1. The van der Waals surface area contributed by atoms with Crippen LogP contribution in [0.4, 0.5) is 0 Å². The van der Waals surface area contributed by atoms with E-state index in [4.69, 9.17) is 10.8 Å². The summed E-state index contributed by atoms with van der Waals surface area (Å²) in [6.07, 6.45) is 3.13. The highest BCUT2D eigenvalue weighted by Gasteiger charge is 2.32. The van der Waals surface area contributed by atoms with Crippen molar-refractivity contribution < 1.29 is 19.5 Å². The Labute approximate surface area is 158 Å². The van der Waals surface area contributed by atoms with Gasteiger partial charge in [0.15, 0.2) is 0 Å². The van der Waals surface area contributed by atoms with Crippen LogP contribution in [0.2, 0.25) is 0 Å². The second kappa shape index (κ2) is 8.24. The van der Waals surface area contributed by atoms with Crippen LogP contribution in [0.25, 0.3) is 10.9 Å². The number of rotatable bonds is 8. The Morgan fingerprint density at radius 2 is 1.85 bits per heavy atom. The van der Waals surface area contributed by atoms with Gasteiger partial charge in [0.2, 0.25) is 5.91 Å². The van der Waals surface area contributed by atoms with E-state index in [1.54, 1.807) is 6.20 Å². The van der Waals surface area contributed by atoms with Gasteiger partial charge in [0, 0.05) is 30.1 Å². The monoisotopic (exact) mass is 373 g/mol. The number of amides is 2. The minimum Gasteiger partial charge on any atom is -0.481 e. The third-order valence-electron chi connectivity index (χ3n) is 4.50. The number of nitrogens with zero attached hydrogens (tertiary/aromatic N) is 1. The number of nitrogens with two attached hydrogens (primary N) is 1. The molecule has 0 unspecified atom stereocenters. The van der Waals surface area contributed by atoms with Crippen LogP contribution in [-0.2, 0) is 16.1 Å². The molecule has 0 bridgehead atoms. The van der Waals surface area contributed by atoms with E-state index in [2.05, 4.69) is 5.32 Å². The summed E-state index contributed by atoms with van der Waals surface area (Å²) in [5, 5.41) is 12.3. The Kier molecular flexibility index (Phi) is 6.25. The standard InChI is InChI=1S/C20H27N3O4/c1-20(2,3)17(18(21)26)22-19(27)14-12-23(11-7-6-10-16(24)25)15-9-5-4-8-13(14)15/h4-5,8-9,12,17H,6-7,10-11H2,1-3H3,(H2,21,26)(H,22,27)(H,24,25)/t17-/m0/s1. The third kappa shape index (κ3) is 5.09. The van der Waals surface area contributed by atoms with Crippen molar-refractivity contribution in [2.75, 3.05) is 0 Å². The Morgan fingerprint density at radius 3 is 2.44 bits per heavy atom. The molecule has 1 aromatic heterocycles. The van der Waals surface area contributed by atoms with Crippen molar-refractivity contribution in [3.63, 3.8) is 0 Å². The smallest absolute Gasteiger partial charge is 0.303 e. The molecule has 0 aliphatic heterocycles. The quantitative estimate of drug-likeness (QED) is 0.617. The molecule has 0 fully saturated rings. The zero-order valence-corrected chi connectivity index (χ0v) is 16.0. The number of hydrogen-bond donors (Lipinski definition) is 3. The predicted octanol–water partition coefficient (Wildman–Crippen LogP) is 2.53. The van der Waals surface area contributed by atoms with Crippen molar-refractivity contribution in [2.45, 2.75) is 52.6 Å².